The number of carboxylic acids is 1. The Kier molecular flexibility index (Phi) is 3.79. The van der Waals surface area contributed by atoms with Crippen molar-refractivity contribution in [3.8, 4) is 16.9 Å². The quantitative estimate of drug-likeness (QED) is 0.917. The van der Waals surface area contributed by atoms with Gasteiger partial charge >= 0.3 is 5.97 Å². The molecule has 104 valence electrons. The van der Waals surface area contributed by atoms with Crippen molar-refractivity contribution >= 4 is 5.97 Å². The van der Waals surface area contributed by atoms with Gasteiger partial charge in [-0.3, -0.25) is 0 Å². The topological polar surface area (TPSA) is 46.5 Å². The predicted octanol–water partition coefficient (Wildman–Crippen LogP) is 3.99. The Morgan fingerprint density at radius 2 is 1.65 bits per heavy atom. The zero-order valence-corrected chi connectivity index (χ0v) is 12.2. The average molecular weight is 270 g/mol. The van der Waals surface area contributed by atoms with Crippen molar-refractivity contribution < 1.29 is 14.6 Å². The third-order valence-electron chi connectivity index (χ3n) is 3.40. The summed E-state index contributed by atoms with van der Waals surface area (Å²) in [5.74, 6) is -0.396. The molecule has 3 heteroatoms. The Morgan fingerprint density at radius 3 is 2.15 bits per heavy atom. The van der Waals surface area contributed by atoms with E-state index in [0.29, 0.717) is 5.75 Å². The molecule has 2 rings (SSSR count). The lowest BCUT2D eigenvalue weighted by Crippen LogP contribution is -2.02. The standard InChI is InChI=1S/C17H18O3/c1-10-7-11(2)16(12(3)8-10)14-6-5-13(20-4)9-15(14)17(18)19/h5-9H,1-4H3,(H,18,19). The van der Waals surface area contributed by atoms with Gasteiger partial charge in [-0.2, -0.15) is 0 Å². The van der Waals surface area contributed by atoms with E-state index >= 15 is 0 Å². The highest BCUT2D eigenvalue weighted by Gasteiger charge is 2.16. The van der Waals surface area contributed by atoms with Gasteiger partial charge in [-0.25, -0.2) is 4.79 Å². The van der Waals surface area contributed by atoms with Gasteiger partial charge in [0.1, 0.15) is 5.75 Å². The number of hydrogen-bond donors (Lipinski definition) is 1. The van der Waals surface area contributed by atoms with Crippen LogP contribution in [0.5, 0.6) is 5.75 Å². The van der Waals surface area contributed by atoms with E-state index in [2.05, 4.69) is 12.1 Å². The first-order valence-electron chi connectivity index (χ1n) is 6.43. The summed E-state index contributed by atoms with van der Waals surface area (Å²) < 4.78 is 5.11. The molecule has 0 aliphatic heterocycles. The third kappa shape index (κ3) is 2.52. The summed E-state index contributed by atoms with van der Waals surface area (Å²) in [6.45, 7) is 6.05. The van der Waals surface area contributed by atoms with E-state index in [-0.39, 0.29) is 5.56 Å². The van der Waals surface area contributed by atoms with E-state index in [1.165, 1.54) is 12.7 Å². The summed E-state index contributed by atoms with van der Waals surface area (Å²) in [4.78, 5) is 11.5. The second-order valence-corrected chi connectivity index (χ2v) is 4.99. The highest BCUT2D eigenvalue weighted by Crippen LogP contribution is 2.33. The minimum atomic E-state index is -0.946. The molecule has 0 aliphatic carbocycles. The van der Waals surface area contributed by atoms with Crippen LogP contribution in [-0.4, -0.2) is 18.2 Å². The number of carboxylic acid groups (broad SMARTS) is 1. The summed E-state index contributed by atoms with van der Waals surface area (Å²) in [7, 11) is 1.53. The molecule has 0 saturated carbocycles. The minimum Gasteiger partial charge on any atom is -0.497 e. The molecule has 0 spiro atoms. The Balaban J connectivity index is 2.73. The van der Waals surface area contributed by atoms with Crippen LogP contribution in [0.4, 0.5) is 0 Å². The molecular formula is C17H18O3. The lowest BCUT2D eigenvalue weighted by molar-refractivity contribution is 0.0697. The number of aromatic carboxylic acids is 1. The van der Waals surface area contributed by atoms with Crippen molar-refractivity contribution in [1.82, 2.24) is 0 Å². The van der Waals surface area contributed by atoms with Crippen molar-refractivity contribution in [2.75, 3.05) is 7.11 Å². The average Bonchev–Trinajstić information content (AvgIpc) is 2.37. The Labute approximate surface area is 118 Å². The Hall–Kier alpha value is -2.29. The number of benzene rings is 2. The highest BCUT2D eigenvalue weighted by atomic mass is 16.5. The van der Waals surface area contributed by atoms with Gasteiger partial charge in [-0.05, 0) is 61.2 Å². The van der Waals surface area contributed by atoms with Crippen LogP contribution in [0.15, 0.2) is 30.3 Å². The van der Waals surface area contributed by atoms with Gasteiger partial charge in [-0.1, -0.05) is 17.7 Å². The molecule has 3 nitrogen and oxygen atoms in total. The number of hydrogen-bond acceptors (Lipinski definition) is 2. The van der Waals surface area contributed by atoms with Crippen LogP contribution in [-0.2, 0) is 0 Å². The third-order valence-corrected chi connectivity index (χ3v) is 3.40. The van der Waals surface area contributed by atoms with E-state index in [1.807, 2.05) is 26.8 Å². The van der Waals surface area contributed by atoms with Crippen molar-refractivity contribution in [3.05, 3.63) is 52.6 Å². The SMILES string of the molecule is COc1ccc(-c2c(C)cc(C)cc2C)c(C(=O)O)c1. The predicted molar refractivity (Wildman–Crippen MR) is 79.6 cm³/mol. The van der Waals surface area contributed by atoms with Gasteiger partial charge in [0.25, 0.3) is 0 Å². The van der Waals surface area contributed by atoms with Crippen LogP contribution in [0, 0.1) is 20.8 Å². The van der Waals surface area contributed by atoms with Crippen molar-refractivity contribution in [2.45, 2.75) is 20.8 Å². The van der Waals surface area contributed by atoms with Crippen LogP contribution in [0.25, 0.3) is 11.1 Å². The molecule has 0 bridgehead atoms. The summed E-state index contributed by atoms with van der Waals surface area (Å²) >= 11 is 0. The second-order valence-electron chi connectivity index (χ2n) is 4.99. The number of ether oxygens (including phenoxy) is 1. The maximum atomic E-state index is 11.5. The van der Waals surface area contributed by atoms with Gasteiger partial charge in [0.05, 0.1) is 12.7 Å². The van der Waals surface area contributed by atoms with Gasteiger partial charge in [0.2, 0.25) is 0 Å². The lowest BCUT2D eigenvalue weighted by Gasteiger charge is -2.14. The number of carbonyl (C=O) groups is 1. The van der Waals surface area contributed by atoms with Crippen LogP contribution < -0.4 is 4.74 Å². The van der Waals surface area contributed by atoms with E-state index in [4.69, 9.17) is 4.74 Å². The molecule has 1 N–H and O–H groups in total. The summed E-state index contributed by atoms with van der Waals surface area (Å²) in [5.41, 5.74) is 5.31. The van der Waals surface area contributed by atoms with Crippen molar-refractivity contribution in [2.24, 2.45) is 0 Å². The molecule has 20 heavy (non-hydrogen) atoms. The van der Waals surface area contributed by atoms with Crippen LogP contribution >= 0.6 is 0 Å². The minimum absolute atomic E-state index is 0.263. The molecule has 0 heterocycles. The van der Waals surface area contributed by atoms with Crippen LogP contribution in [0.1, 0.15) is 27.0 Å². The van der Waals surface area contributed by atoms with Crippen molar-refractivity contribution in [1.29, 1.82) is 0 Å². The second kappa shape index (κ2) is 5.37. The van der Waals surface area contributed by atoms with Gasteiger partial charge in [0.15, 0.2) is 0 Å². The van der Waals surface area contributed by atoms with Gasteiger partial charge in [-0.15, -0.1) is 0 Å². The Bertz CT molecular complexity index is 649. The monoisotopic (exact) mass is 270 g/mol. The molecule has 0 aromatic heterocycles. The van der Waals surface area contributed by atoms with Gasteiger partial charge < -0.3 is 9.84 Å². The molecule has 0 amide bonds. The first-order valence-corrected chi connectivity index (χ1v) is 6.43. The summed E-state index contributed by atoms with van der Waals surface area (Å²) in [5, 5.41) is 9.43. The number of methoxy groups -OCH3 is 1. The fourth-order valence-electron chi connectivity index (χ4n) is 2.65. The molecule has 0 fully saturated rings. The summed E-state index contributed by atoms with van der Waals surface area (Å²) in [6.07, 6.45) is 0. The Morgan fingerprint density at radius 1 is 1.05 bits per heavy atom. The van der Waals surface area contributed by atoms with Crippen molar-refractivity contribution in [3.63, 3.8) is 0 Å². The molecule has 2 aromatic rings. The molecule has 0 unspecified atom stereocenters. The summed E-state index contributed by atoms with van der Waals surface area (Å²) in [6, 6.07) is 9.31. The lowest BCUT2D eigenvalue weighted by atomic mass is 9.91. The van der Waals surface area contributed by atoms with Gasteiger partial charge in [0, 0.05) is 0 Å². The van der Waals surface area contributed by atoms with E-state index in [0.717, 1.165) is 22.3 Å². The molecule has 0 radical (unpaired) electrons. The van der Waals surface area contributed by atoms with Crippen LogP contribution in [0.2, 0.25) is 0 Å². The van der Waals surface area contributed by atoms with E-state index in [1.54, 1.807) is 12.1 Å². The molecule has 2 aromatic carbocycles. The normalized spacial score (nSPS) is 10.4. The number of aryl methyl sites for hydroxylation is 3. The number of rotatable bonds is 3. The zero-order valence-electron chi connectivity index (χ0n) is 12.2. The first kappa shape index (κ1) is 14.1. The zero-order chi connectivity index (χ0) is 14.9. The molecule has 0 aliphatic rings. The van der Waals surface area contributed by atoms with Crippen LogP contribution in [0.3, 0.4) is 0 Å². The van der Waals surface area contributed by atoms with E-state index in [9.17, 15) is 9.90 Å². The first-order chi connectivity index (χ1) is 9.43. The van der Waals surface area contributed by atoms with E-state index < -0.39 is 5.97 Å². The largest absolute Gasteiger partial charge is 0.497 e. The molecule has 0 saturated heterocycles. The maximum Gasteiger partial charge on any atom is 0.336 e. The highest BCUT2D eigenvalue weighted by molar-refractivity contribution is 5.97. The smallest absolute Gasteiger partial charge is 0.336 e. The fourth-order valence-corrected chi connectivity index (χ4v) is 2.65. The maximum absolute atomic E-state index is 11.5. The molecule has 0 atom stereocenters. The fraction of sp³-hybridized carbons (Fsp3) is 0.235. The molecular weight excluding hydrogens is 252 g/mol.